The Kier molecular flexibility index (Phi) is 5.71. The van der Waals surface area contributed by atoms with E-state index < -0.39 is 0 Å². The van der Waals surface area contributed by atoms with Gasteiger partial charge in [0.15, 0.2) is 0 Å². The van der Waals surface area contributed by atoms with Crippen LogP contribution in [-0.2, 0) is 0 Å². The van der Waals surface area contributed by atoms with Crippen LogP contribution in [0.15, 0.2) is 57.5 Å². The fraction of sp³-hybridized carbons (Fsp3) is 0.0769. The molecule has 0 amide bonds. The third-order valence-corrected chi connectivity index (χ3v) is 3.30. The van der Waals surface area contributed by atoms with Crippen molar-refractivity contribution in [3.8, 4) is 0 Å². The fourth-order valence-corrected chi connectivity index (χ4v) is 1.53. The lowest BCUT2D eigenvalue weighted by Crippen LogP contribution is -1.69. The second kappa shape index (κ2) is 6.81. The van der Waals surface area contributed by atoms with Gasteiger partial charge in [-0.1, -0.05) is 50.1 Å². The second-order valence-corrected chi connectivity index (χ2v) is 4.96. The highest BCUT2D eigenvalue weighted by molar-refractivity contribution is 9.10. The quantitative estimate of drug-likeness (QED) is 0.604. The number of halogens is 3. The summed E-state index contributed by atoms with van der Waals surface area (Å²) in [6.45, 7) is 2.07. The molecule has 2 rings (SSSR count). The average Bonchev–Trinajstić information content (AvgIpc) is 2.28. The van der Waals surface area contributed by atoms with Gasteiger partial charge in [-0.15, -0.1) is 0 Å². The lowest BCUT2D eigenvalue weighted by molar-refractivity contribution is 0.627. The Balaban J connectivity index is 0.000000160. The van der Waals surface area contributed by atoms with Crippen molar-refractivity contribution < 1.29 is 4.39 Å². The van der Waals surface area contributed by atoms with E-state index in [9.17, 15) is 4.39 Å². The standard InChI is InChI=1S/C7H7Br.C6H4BrF/c1-6-4-2-3-5-7(6)8;7-5-1-3-6(8)4-2-5/h2-5H,1H3;1-4H. The van der Waals surface area contributed by atoms with Gasteiger partial charge >= 0.3 is 0 Å². The van der Waals surface area contributed by atoms with Gasteiger partial charge < -0.3 is 0 Å². The van der Waals surface area contributed by atoms with Crippen molar-refractivity contribution in [1.82, 2.24) is 0 Å². The van der Waals surface area contributed by atoms with Crippen LogP contribution in [0.1, 0.15) is 5.56 Å². The molecule has 0 fully saturated rings. The van der Waals surface area contributed by atoms with Crippen molar-refractivity contribution in [3.63, 3.8) is 0 Å². The van der Waals surface area contributed by atoms with E-state index in [4.69, 9.17) is 0 Å². The van der Waals surface area contributed by atoms with Crippen molar-refractivity contribution in [2.24, 2.45) is 0 Å². The zero-order valence-corrected chi connectivity index (χ0v) is 11.9. The molecule has 0 unspecified atom stereocenters. The molecule has 0 heterocycles. The van der Waals surface area contributed by atoms with Gasteiger partial charge in [0.1, 0.15) is 5.82 Å². The highest BCUT2D eigenvalue weighted by Gasteiger charge is 1.86. The molecule has 0 aliphatic rings. The molecule has 0 nitrogen and oxygen atoms in total. The van der Waals surface area contributed by atoms with E-state index in [1.165, 1.54) is 22.2 Å². The van der Waals surface area contributed by atoms with E-state index in [0.29, 0.717) is 0 Å². The van der Waals surface area contributed by atoms with E-state index in [2.05, 4.69) is 44.8 Å². The number of rotatable bonds is 0. The Hall–Kier alpha value is -0.670. The maximum Gasteiger partial charge on any atom is 0.123 e. The van der Waals surface area contributed by atoms with Gasteiger partial charge in [-0.2, -0.15) is 0 Å². The van der Waals surface area contributed by atoms with Gasteiger partial charge in [0.05, 0.1) is 0 Å². The Morgan fingerprint density at radius 3 is 1.81 bits per heavy atom. The summed E-state index contributed by atoms with van der Waals surface area (Å²) in [5, 5.41) is 0. The molecule has 84 valence electrons. The molecule has 0 atom stereocenters. The molecule has 16 heavy (non-hydrogen) atoms. The van der Waals surface area contributed by atoms with Crippen LogP contribution < -0.4 is 0 Å². The van der Waals surface area contributed by atoms with E-state index in [1.54, 1.807) is 12.1 Å². The summed E-state index contributed by atoms with van der Waals surface area (Å²) < 4.78 is 14.1. The van der Waals surface area contributed by atoms with Crippen LogP contribution in [0, 0.1) is 12.7 Å². The van der Waals surface area contributed by atoms with E-state index >= 15 is 0 Å². The first kappa shape index (κ1) is 13.4. The first-order valence-corrected chi connectivity index (χ1v) is 6.30. The predicted molar refractivity (Wildman–Crippen MR) is 73.0 cm³/mol. The van der Waals surface area contributed by atoms with Gasteiger partial charge in [0.2, 0.25) is 0 Å². The van der Waals surface area contributed by atoms with Crippen LogP contribution in [0.4, 0.5) is 4.39 Å². The SMILES string of the molecule is Cc1ccccc1Br.Fc1ccc(Br)cc1. The lowest BCUT2D eigenvalue weighted by Gasteiger charge is -1.91. The first-order valence-electron chi connectivity index (χ1n) is 4.72. The van der Waals surface area contributed by atoms with Crippen molar-refractivity contribution in [2.75, 3.05) is 0 Å². The predicted octanol–water partition coefficient (Wildman–Crippen LogP) is 5.35. The monoisotopic (exact) mass is 344 g/mol. The molecular weight excluding hydrogens is 335 g/mol. The Morgan fingerprint density at radius 1 is 0.875 bits per heavy atom. The van der Waals surface area contributed by atoms with Crippen molar-refractivity contribution in [2.45, 2.75) is 6.92 Å². The second-order valence-electron chi connectivity index (χ2n) is 3.19. The van der Waals surface area contributed by atoms with Crippen LogP contribution in [0.3, 0.4) is 0 Å². The minimum absolute atomic E-state index is 0.201. The highest BCUT2D eigenvalue weighted by atomic mass is 79.9. The summed E-state index contributed by atoms with van der Waals surface area (Å²) >= 11 is 6.57. The smallest absolute Gasteiger partial charge is 0.123 e. The molecule has 0 aliphatic heterocycles. The van der Waals surface area contributed by atoms with E-state index in [1.807, 2.05) is 18.2 Å². The summed E-state index contributed by atoms with van der Waals surface area (Å²) in [6, 6.07) is 14.3. The maximum atomic E-state index is 12.1. The molecular formula is C13H11Br2F. The number of hydrogen-bond donors (Lipinski definition) is 0. The Bertz CT molecular complexity index is 396. The molecule has 0 saturated carbocycles. The Morgan fingerprint density at radius 2 is 1.44 bits per heavy atom. The maximum absolute atomic E-state index is 12.1. The molecule has 2 aromatic rings. The van der Waals surface area contributed by atoms with Crippen LogP contribution >= 0.6 is 31.9 Å². The minimum atomic E-state index is -0.201. The topological polar surface area (TPSA) is 0 Å². The molecule has 0 aliphatic carbocycles. The van der Waals surface area contributed by atoms with Gasteiger partial charge in [0, 0.05) is 8.95 Å². The largest absolute Gasteiger partial charge is 0.207 e. The molecule has 0 saturated heterocycles. The van der Waals surface area contributed by atoms with Crippen LogP contribution in [0.5, 0.6) is 0 Å². The minimum Gasteiger partial charge on any atom is -0.207 e. The van der Waals surface area contributed by atoms with E-state index in [-0.39, 0.29) is 5.82 Å². The van der Waals surface area contributed by atoms with E-state index in [0.717, 1.165) is 4.47 Å². The molecule has 0 radical (unpaired) electrons. The van der Waals surface area contributed by atoms with Crippen molar-refractivity contribution >= 4 is 31.9 Å². The fourth-order valence-electron chi connectivity index (χ4n) is 0.981. The van der Waals surface area contributed by atoms with Crippen LogP contribution in [-0.4, -0.2) is 0 Å². The van der Waals surface area contributed by atoms with Crippen molar-refractivity contribution in [3.05, 3.63) is 68.9 Å². The third-order valence-electron chi connectivity index (χ3n) is 1.88. The summed E-state index contributed by atoms with van der Waals surface area (Å²) in [5.74, 6) is -0.201. The highest BCUT2D eigenvalue weighted by Crippen LogP contribution is 2.13. The molecule has 2 aromatic carbocycles. The molecule has 0 bridgehead atoms. The summed E-state index contributed by atoms with van der Waals surface area (Å²) in [7, 11) is 0. The number of hydrogen-bond acceptors (Lipinski definition) is 0. The number of benzene rings is 2. The summed E-state index contributed by atoms with van der Waals surface area (Å²) in [4.78, 5) is 0. The zero-order chi connectivity index (χ0) is 12.0. The first-order chi connectivity index (χ1) is 7.59. The third kappa shape index (κ3) is 4.90. The molecule has 3 heteroatoms. The van der Waals surface area contributed by atoms with Crippen LogP contribution in [0.2, 0.25) is 0 Å². The number of aryl methyl sites for hydroxylation is 1. The Labute approximate surface area is 112 Å². The van der Waals surface area contributed by atoms with Crippen molar-refractivity contribution in [1.29, 1.82) is 0 Å². The normalized spacial score (nSPS) is 9.25. The van der Waals surface area contributed by atoms with Gasteiger partial charge in [0.25, 0.3) is 0 Å². The zero-order valence-electron chi connectivity index (χ0n) is 8.75. The molecule has 0 aromatic heterocycles. The molecule has 0 N–H and O–H groups in total. The molecule has 0 spiro atoms. The average molecular weight is 346 g/mol. The lowest BCUT2D eigenvalue weighted by atomic mass is 10.2. The summed E-state index contributed by atoms with van der Waals surface area (Å²) in [5.41, 5.74) is 1.28. The van der Waals surface area contributed by atoms with Gasteiger partial charge in [-0.05, 0) is 42.8 Å². The van der Waals surface area contributed by atoms with Gasteiger partial charge in [-0.3, -0.25) is 0 Å². The summed E-state index contributed by atoms with van der Waals surface area (Å²) in [6.07, 6.45) is 0. The van der Waals surface area contributed by atoms with Crippen LogP contribution in [0.25, 0.3) is 0 Å². The van der Waals surface area contributed by atoms with Gasteiger partial charge in [-0.25, -0.2) is 4.39 Å².